The van der Waals surface area contributed by atoms with E-state index in [0.29, 0.717) is 35.8 Å². The van der Waals surface area contributed by atoms with Crippen molar-refractivity contribution in [3.8, 4) is 6.07 Å². The van der Waals surface area contributed by atoms with Gasteiger partial charge >= 0.3 is 0 Å². The van der Waals surface area contributed by atoms with Gasteiger partial charge in [0.2, 0.25) is 0 Å². The number of nitrogens with zero attached hydrogens (tertiary/aromatic N) is 3. The van der Waals surface area contributed by atoms with Crippen LogP contribution in [0.15, 0.2) is 24.5 Å². The van der Waals surface area contributed by atoms with E-state index in [1.165, 1.54) is 18.2 Å². The number of amides is 1. The van der Waals surface area contributed by atoms with Gasteiger partial charge in [-0.1, -0.05) is 11.6 Å². The number of fused-ring (bicyclic) bond motifs is 1. The van der Waals surface area contributed by atoms with E-state index in [0.717, 1.165) is 6.42 Å². The molecule has 2 fully saturated rings. The lowest BCUT2D eigenvalue weighted by atomic mass is 9.62. The molecule has 1 aromatic heterocycles. The van der Waals surface area contributed by atoms with Crippen LogP contribution in [-0.2, 0) is 7.05 Å². The van der Waals surface area contributed by atoms with Crippen molar-refractivity contribution < 1.29 is 14.3 Å². The molecule has 2 saturated carbocycles. The zero-order valence-electron chi connectivity index (χ0n) is 15.3. The van der Waals surface area contributed by atoms with Crippen LogP contribution in [0.5, 0.6) is 0 Å². The molecule has 0 aliphatic heterocycles. The van der Waals surface area contributed by atoms with E-state index in [-0.39, 0.29) is 29.2 Å². The Hall–Kier alpha value is -2.43. The first-order valence-electron chi connectivity index (χ1n) is 9.19. The van der Waals surface area contributed by atoms with Crippen molar-refractivity contribution in [3.63, 3.8) is 0 Å². The van der Waals surface area contributed by atoms with Gasteiger partial charge in [0.05, 0.1) is 35.1 Å². The summed E-state index contributed by atoms with van der Waals surface area (Å²) in [7, 11) is 1.75. The van der Waals surface area contributed by atoms with Crippen LogP contribution >= 0.6 is 11.6 Å². The number of nitrogens with one attached hydrogen (secondary N) is 1. The number of nitriles is 1. The number of aryl methyl sites for hydroxylation is 1. The summed E-state index contributed by atoms with van der Waals surface area (Å²) in [6.45, 7) is 0. The molecule has 0 saturated heterocycles. The van der Waals surface area contributed by atoms with Gasteiger partial charge in [0.15, 0.2) is 0 Å². The Morgan fingerprint density at radius 1 is 1.54 bits per heavy atom. The van der Waals surface area contributed by atoms with Crippen molar-refractivity contribution in [1.82, 2.24) is 9.55 Å². The monoisotopic (exact) mass is 402 g/mol. The lowest BCUT2D eigenvalue weighted by Gasteiger charge is -2.47. The standard InChI is InChI=1S/C20H20ClFN4O2/c1-26-10-24-17(11-6-12-9-20(28,4-5-23)14(12)7-11)18(26)19(27)25-13-2-3-16(22)15(21)8-13/h2-3,8,10-12,14,28H,4,6-7,9H2,1H3,(H,25,27). The SMILES string of the molecule is Cn1cnc(C2CC3CC(O)(CC#N)C3C2)c1C(=O)Nc1ccc(F)c(Cl)c1. The van der Waals surface area contributed by atoms with Crippen LogP contribution in [0.1, 0.15) is 47.8 Å². The number of anilines is 1. The molecule has 6 nitrogen and oxygen atoms in total. The zero-order chi connectivity index (χ0) is 20.1. The molecule has 0 spiro atoms. The molecule has 0 bridgehead atoms. The normalized spacial score (nSPS) is 28.3. The van der Waals surface area contributed by atoms with Crippen LogP contribution in [-0.4, -0.2) is 26.2 Å². The molecule has 1 aromatic carbocycles. The second kappa shape index (κ2) is 6.87. The summed E-state index contributed by atoms with van der Waals surface area (Å²) in [5, 5.41) is 22.2. The predicted molar refractivity (Wildman–Crippen MR) is 101 cm³/mol. The molecule has 4 rings (SSSR count). The minimum atomic E-state index is -0.907. The van der Waals surface area contributed by atoms with Crippen molar-refractivity contribution in [2.45, 2.75) is 37.2 Å². The first-order chi connectivity index (χ1) is 13.3. The maximum absolute atomic E-state index is 13.3. The van der Waals surface area contributed by atoms with Crippen LogP contribution < -0.4 is 5.32 Å². The van der Waals surface area contributed by atoms with Crippen molar-refractivity contribution in [2.24, 2.45) is 18.9 Å². The average molecular weight is 403 g/mol. The third kappa shape index (κ3) is 3.07. The molecule has 4 atom stereocenters. The largest absolute Gasteiger partial charge is 0.389 e. The molecule has 2 aliphatic carbocycles. The van der Waals surface area contributed by atoms with Gasteiger partial charge < -0.3 is 15.0 Å². The number of aromatic nitrogens is 2. The van der Waals surface area contributed by atoms with E-state index in [9.17, 15) is 14.3 Å². The molecule has 4 unspecified atom stereocenters. The Balaban J connectivity index is 1.54. The first-order valence-corrected chi connectivity index (χ1v) is 9.57. The quantitative estimate of drug-likeness (QED) is 0.817. The van der Waals surface area contributed by atoms with Crippen molar-refractivity contribution in [1.29, 1.82) is 5.26 Å². The minimum Gasteiger partial charge on any atom is -0.389 e. The number of benzene rings is 1. The highest BCUT2D eigenvalue weighted by Gasteiger charge is 2.57. The Kier molecular flexibility index (Phi) is 4.64. The number of carbonyl (C=O) groups excluding carboxylic acids is 1. The summed E-state index contributed by atoms with van der Waals surface area (Å²) >= 11 is 5.79. The van der Waals surface area contributed by atoms with E-state index in [4.69, 9.17) is 16.9 Å². The highest BCUT2D eigenvalue weighted by molar-refractivity contribution is 6.31. The van der Waals surface area contributed by atoms with Crippen molar-refractivity contribution in [3.05, 3.63) is 46.8 Å². The van der Waals surface area contributed by atoms with Gasteiger partial charge in [0.25, 0.3) is 5.91 Å². The Morgan fingerprint density at radius 3 is 3.04 bits per heavy atom. The smallest absolute Gasteiger partial charge is 0.274 e. The van der Waals surface area contributed by atoms with Gasteiger partial charge in [-0.05, 0) is 49.3 Å². The van der Waals surface area contributed by atoms with Gasteiger partial charge in [-0.3, -0.25) is 4.79 Å². The fourth-order valence-corrected chi connectivity index (χ4v) is 4.99. The second-order valence-corrected chi connectivity index (χ2v) is 8.26. The molecule has 2 aromatic rings. The zero-order valence-corrected chi connectivity index (χ0v) is 16.1. The lowest BCUT2D eigenvalue weighted by Crippen LogP contribution is -2.51. The molecule has 1 heterocycles. The Bertz CT molecular complexity index is 985. The van der Waals surface area contributed by atoms with Gasteiger partial charge in [-0.25, -0.2) is 9.37 Å². The Labute approximate surface area is 166 Å². The van der Waals surface area contributed by atoms with Crippen LogP contribution in [0.3, 0.4) is 0 Å². The third-order valence-corrected chi connectivity index (χ3v) is 6.42. The maximum Gasteiger partial charge on any atom is 0.274 e. The van der Waals surface area contributed by atoms with E-state index in [2.05, 4.69) is 16.4 Å². The summed E-state index contributed by atoms with van der Waals surface area (Å²) in [5.41, 5.74) is 0.631. The first kappa shape index (κ1) is 18.9. The molecular weight excluding hydrogens is 383 g/mol. The topological polar surface area (TPSA) is 90.9 Å². The van der Waals surface area contributed by atoms with Crippen molar-refractivity contribution in [2.75, 3.05) is 5.32 Å². The number of aliphatic hydroxyl groups is 1. The number of imidazole rings is 1. The van der Waals surface area contributed by atoms with Crippen molar-refractivity contribution >= 4 is 23.2 Å². The van der Waals surface area contributed by atoms with Crippen LogP contribution in [0.25, 0.3) is 0 Å². The highest BCUT2D eigenvalue weighted by atomic mass is 35.5. The fourth-order valence-electron chi connectivity index (χ4n) is 4.80. The number of hydrogen-bond donors (Lipinski definition) is 2. The lowest BCUT2D eigenvalue weighted by molar-refractivity contribution is -0.121. The molecule has 8 heteroatoms. The van der Waals surface area contributed by atoms with Crippen LogP contribution in [0, 0.1) is 29.0 Å². The van der Waals surface area contributed by atoms with Gasteiger partial charge in [-0.2, -0.15) is 5.26 Å². The predicted octanol–water partition coefficient (Wildman–Crippen LogP) is 3.62. The Morgan fingerprint density at radius 2 is 2.32 bits per heavy atom. The molecule has 2 N–H and O–H groups in total. The molecule has 2 aliphatic rings. The van der Waals surface area contributed by atoms with Gasteiger partial charge in [0, 0.05) is 18.7 Å². The number of halogens is 2. The van der Waals surface area contributed by atoms with E-state index >= 15 is 0 Å². The summed E-state index contributed by atoms with van der Waals surface area (Å²) in [5.74, 6) is -0.402. The van der Waals surface area contributed by atoms with Gasteiger partial charge in [0.1, 0.15) is 11.5 Å². The number of rotatable bonds is 4. The highest BCUT2D eigenvalue weighted by Crippen LogP contribution is 2.59. The fraction of sp³-hybridized carbons (Fsp3) is 0.450. The molecule has 28 heavy (non-hydrogen) atoms. The summed E-state index contributed by atoms with van der Waals surface area (Å²) in [6, 6.07) is 6.09. The van der Waals surface area contributed by atoms with E-state index < -0.39 is 11.4 Å². The third-order valence-electron chi connectivity index (χ3n) is 6.13. The number of carbonyl (C=O) groups is 1. The summed E-state index contributed by atoms with van der Waals surface area (Å²) < 4.78 is 15.0. The second-order valence-electron chi connectivity index (χ2n) is 7.85. The molecule has 1 amide bonds. The molecule has 0 radical (unpaired) electrons. The van der Waals surface area contributed by atoms with Gasteiger partial charge in [-0.15, -0.1) is 0 Å². The van der Waals surface area contributed by atoms with E-state index in [1.807, 2.05) is 0 Å². The molecule has 146 valence electrons. The van der Waals surface area contributed by atoms with Crippen LogP contribution in [0.2, 0.25) is 5.02 Å². The minimum absolute atomic E-state index is 0.0569. The summed E-state index contributed by atoms with van der Waals surface area (Å²) in [4.78, 5) is 17.3. The molecular formula is C20H20ClFN4O2. The van der Waals surface area contributed by atoms with Crippen LogP contribution in [0.4, 0.5) is 10.1 Å². The average Bonchev–Trinajstić information content (AvgIpc) is 3.19. The number of hydrogen-bond acceptors (Lipinski definition) is 4. The maximum atomic E-state index is 13.3. The summed E-state index contributed by atoms with van der Waals surface area (Å²) in [6.07, 6.45) is 3.93. The van der Waals surface area contributed by atoms with E-state index in [1.54, 1.807) is 17.9 Å².